The Bertz CT molecular complexity index is 910. The van der Waals surface area contributed by atoms with E-state index in [-0.39, 0.29) is 5.69 Å². The first kappa shape index (κ1) is 16.7. The van der Waals surface area contributed by atoms with Crippen molar-refractivity contribution in [2.75, 3.05) is 16.9 Å². The molecular weight excluding hydrogens is 340 g/mol. The number of carbonyl (C=O) groups excluding carboxylic acids is 1. The molecule has 0 fully saturated rings. The van der Waals surface area contributed by atoms with Gasteiger partial charge < -0.3 is 16.4 Å². The van der Waals surface area contributed by atoms with Crippen LogP contribution in [0.15, 0.2) is 41.6 Å². The van der Waals surface area contributed by atoms with Crippen LogP contribution < -0.4 is 16.4 Å². The minimum Gasteiger partial charge on any atom is -0.364 e. The van der Waals surface area contributed by atoms with E-state index in [1.165, 1.54) is 11.8 Å². The van der Waals surface area contributed by atoms with E-state index in [4.69, 9.17) is 5.73 Å². The topological polar surface area (TPSA) is 124 Å². The number of rotatable bonds is 6. The molecular formula is C15H16N8OS. The first-order valence-corrected chi connectivity index (χ1v) is 8.49. The Kier molecular flexibility index (Phi) is 4.80. The molecule has 0 unspecified atom stereocenters. The number of nitrogens with two attached hydrogens (primary N) is 1. The molecule has 0 aliphatic rings. The standard InChI is InChI=1S/C15H16N8OS/c1-23-7-5-11(22-23)19-12-8-9(13(14(16)24)21-20-12)18-15-10(25-2)4-3-6-17-15/h3-8H,1-2H3,(H2,16,24)(H2,17,18,19,20,22). The molecule has 0 saturated heterocycles. The van der Waals surface area contributed by atoms with E-state index in [1.807, 2.05) is 25.4 Å². The molecule has 0 bridgehead atoms. The van der Waals surface area contributed by atoms with Crippen LogP contribution >= 0.6 is 11.8 Å². The summed E-state index contributed by atoms with van der Waals surface area (Å²) in [6.45, 7) is 0. The van der Waals surface area contributed by atoms with E-state index in [2.05, 4.69) is 30.9 Å². The number of nitrogens with one attached hydrogen (secondary N) is 2. The molecule has 9 nitrogen and oxygen atoms in total. The van der Waals surface area contributed by atoms with Gasteiger partial charge in [0.1, 0.15) is 5.82 Å². The minimum atomic E-state index is -0.680. The van der Waals surface area contributed by atoms with Gasteiger partial charge in [-0.05, 0) is 18.4 Å². The Hall–Kier alpha value is -3.14. The third kappa shape index (κ3) is 3.86. The highest BCUT2D eigenvalue weighted by Crippen LogP contribution is 2.28. The number of carbonyl (C=O) groups is 1. The highest BCUT2D eigenvalue weighted by Gasteiger charge is 2.15. The fourth-order valence-corrected chi connectivity index (χ4v) is 2.63. The minimum absolute atomic E-state index is 0.0317. The van der Waals surface area contributed by atoms with Crippen molar-refractivity contribution in [2.24, 2.45) is 12.8 Å². The van der Waals surface area contributed by atoms with Gasteiger partial charge in [0.15, 0.2) is 17.3 Å². The molecule has 1 amide bonds. The van der Waals surface area contributed by atoms with E-state index in [1.54, 1.807) is 29.2 Å². The van der Waals surface area contributed by atoms with Crippen molar-refractivity contribution >= 4 is 40.8 Å². The summed E-state index contributed by atoms with van der Waals surface area (Å²) in [5, 5.41) is 18.2. The van der Waals surface area contributed by atoms with Crippen LogP contribution in [0.3, 0.4) is 0 Å². The molecule has 3 heterocycles. The maximum atomic E-state index is 11.7. The van der Waals surface area contributed by atoms with Crippen molar-refractivity contribution in [3.05, 3.63) is 42.4 Å². The third-order valence-electron chi connectivity index (χ3n) is 3.24. The smallest absolute Gasteiger partial charge is 0.271 e. The monoisotopic (exact) mass is 356 g/mol. The van der Waals surface area contributed by atoms with Gasteiger partial charge in [-0.3, -0.25) is 9.48 Å². The van der Waals surface area contributed by atoms with Crippen molar-refractivity contribution in [2.45, 2.75) is 4.90 Å². The van der Waals surface area contributed by atoms with Crippen LogP contribution in [-0.2, 0) is 7.05 Å². The second kappa shape index (κ2) is 7.18. The number of pyridine rings is 1. The zero-order valence-corrected chi connectivity index (χ0v) is 14.4. The molecule has 10 heteroatoms. The molecule has 0 aliphatic heterocycles. The summed E-state index contributed by atoms with van der Waals surface area (Å²) in [7, 11) is 1.81. The number of primary amides is 1. The molecule has 25 heavy (non-hydrogen) atoms. The van der Waals surface area contributed by atoms with Gasteiger partial charge >= 0.3 is 0 Å². The Labute approximate surface area is 148 Å². The number of aromatic nitrogens is 5. The van der Waals surface area contributed by atoms with Crippen molar-refractivity contribution in [1.29, 1.82) is 0 Å². The predicted molar refractivity (Wildman–Crippen MR) is 96.3 cm³/mol. The van der Waals surface area contributed by atoms with Gasteiger partial charge in [0, 0.05) is 36.5 Å². The van der Waals surface area contributed by atoms with Gasteiger partial charge in [0.05, 0.1) is 5.69 Å². The van der Waals surface area contributed by atoms with Gasteiger partial charge in [-0.15, -0.1) is 22.0 Å². The van der Waals surface area contributed by atoms with Gasteiger partial charge in [-0.25, -0.2) is 4.98 Å². The number of hydrogen-bond donors (Lipinski definition) is 3. The van der Waals surface area contributed by atoms with E-state index in [9.17, 15) is 4.79 Å². The maximum absolute atomic E-state index is 11.7. The zero-order chi connectivity index (χ0) is 17.8. The Morgan fingerprint density at radius 1 is 1.24 bits per heavy atom. The summed E-state index contributed by atoms with van der Waals surface area (Å²) in [4.78, 5) is 16.9. The summed E-state index contributed by atoms with van der Waals surface area (Å²) in [5.74, 6) is 0.959. The quantitative estimate of drug-likeness (QED) is 0.572. The third-order valence-corrected chi connectivity index (χ3v) is 4.01. The number of aryl methyl sites for hydroxylation is 1. The van der Waals surface area contributed by atoms with Crippen LogP contribution in [0.5, 0.6) is 0 Å². The van der Waals surface area contributed by atoms with Crippen LogP contribution in [0.25, 0.3) is 0 Å². The molecule has 3 aromatic heterocycles. The van der Waals surface area contributed by atoms with Crippen molar-refractivity contribution in [3.63, 3.8) is 0 Å². The van der Waals surface area contributed by atoms with Crippen LogP contribution in [0.4, 0.5) is 23.1 Å². The van der Waals surface area contributed by atoms with Gasteiger partial charge in [0.2, 0.25) is 0 Å². The lowest BCUT2D eigenvalue weighted by Crippen LogP contribution is -2.17. The number of thioether (sulfide) groups is 1. The van der Waals surface area contributed by atoms with Crippen LogP contribution in [-0.4, -0.2) is 37.1 Å². The second-order valence-corrected chi connectivity index (χ2v) is 5.88. The fraction of sp³-hybridized carbons (Fsp3) is 0.133. The number of amides is 1. The van der Waals surface area contributed by atoms with Crippen LogP contribution in [0, 0.1) is 0 Å². The first-order chi connectivity index (χ1) is 12.1. The lowest BCUT2D eigenvalue weighted by atomic mass is 10.3. The SMILES string of the molecule is CSc1cccnc1Nc1cc(Nc2ccn(C)n2)nnc1C(N)=O. The molecule has 3 aromatic rings. The lowest BCUT2D eigenvalue weighted by molar-refractivity contribution is 0.0995. The average molecular weight is 356 g/mol. The first-order valence-electron chi connectivity index (χ1n) is 7.27. The largest absolute Gasteiger partial charge is 0.364 e. The Morgan fingerprint density at radius 3 is 2.76 bits per heavy atom. The number of hydrogen-bond acceptors (Lipinski definition) is 8. The highest BCUT2D eigenvalue weighted by atomic mass is 32.2. The summed E-state index contributed by atoms with van der Waals surface area (Å²) in [6, 6.07) is 7.19. The normalized spacial score (nSPS) is 10.5. The van der Waals surface area contributed by atoms with E-state index < -0.39 is 5.91 Å². The zero-order valence-electron chi connectivity index (χ0n) is 13.6. The summed E-state index contributed by atoms with van der Waals surface area (Å²) < 4.78 is 1.66. The molecule has 0 saturated carbocycles. The molecule has 128 valence electrons. The molecule has 0 aromatic carbocycles. The number of anilines is 4. The summed E-state index contributed by atoms with van der Waals surface area (Å²) in [5.41, 5.74) is 5.85. The van der Waals surface area contributed by atoms with Crippen LogP contribution in [0.2, 0.25) is 0 Å². The van der Waals surface area contributed by atoms with E-state index in [0.29, 0.717) is 23.1 Å². The van der Waals surface area contributed by atoms with Crippen LogP contribution in [0.1, 0.15) is 10.5 Å². The number of nitrogens with zero attached hydrogens (tertiary/aromatic N) is 5. The van der Waals surface area contributed by atoms with E-state index >= 15 is 0 Å². The second-order valence-electron chi connectivity index (χ2n) is 5.04. The Morgan fingerprint density at radius 2 is 2.08 bits per heavy atom. The molecule has 4 N–H and O–H groups in total. The van der Waals surface area contributed by atoms with E-state index in [0.717, 1.165) is 4.90 Å². The van der Waals surface area contributed by atoms with Gasteiger partial charge in [-0.2, -0.15) is 5.10 Å². The predicted octanol–water partition coefficient (Wildman–Crippen LogP) is 1.91. The highest BCUT2D eigenvalue weighted by molar-refractivity contribution is 7.98. The fourth-order valence-electron chi connectivity index (χ4n) is 2.12. The average Bonchev–Trinajstić information content (AvgIpc) is 3.00. The van der Waals surface area contributed by atoms with Gasteiger partial charge in [0.25, 0.3) is 5.91 Å². The van der Waals surface area contributed by atoms with Gasteiger partial charge in [-0.1, -0.05) is 0 Å². The molecule has 0 atom stereocenters. The summed E-state index contributed by atoms with van der Waals surface area (Å²) >= 11 is 1.53. The lowest BCUT2D eigenvalue weighted by Gasteiger charge is -2.12. The molecule has 0 spiro atoms. The molecule has 0 aliphatic carbocycles. The summed E-state index contributed by atoms with van der Waals surface area (Å²) in [6.07, 6.45) is 5.40. The molecule has 0 radical (unpaired) electrons. The molecule has 3 rings (SSSR count). The Balaban J connectivity index is 1.94. The van der Waals surface area contributed by atoms with Crippen molar-refractivity contribution in [3.8, 4) is 0 Å². The van der Waals surface area contributed by atoms with Crippen molar-refractivity contribution < 1.29 is 4.79 Å². The maximum Gasteiger partial charge on any atom is 0.271 e. The van der Waals surface area contributed by atoms with Crippen molar-refractivity contribution in [1.82, 2.24) is 25.0 Å².